The Morgan fingerprint density at radius 3 is 2.03 bits per heavy atom. The molecule has 0 unspecified atom stereocenters. The van der Waals surface area contributed by atoms with Crippen molar-refractivity contribution >= 4 is 28.2 Å². The molecule has 1 fully saturated rings. The minimum absolute atomic E-state index is 0.438. The van der Waals surface area contributed by atoms with Crippen LogP contribution in [0.15, 0.2) is 88.4 Å². The summed E-state index contributed by atoms with van der Waals surface area (Å²) in [5, 5.41) is 6.90. The van der Waals surface area contributed by atoms with Gasteiger partial charge in [-0.05, 0) is 38.7 Å². The second-order valence-corrected chi connectivity index (χ2v) is 8.82. The van der Waals surface area contributed by atoms with Crippen LogP contribution in [0.25, 0.3) is 17.2 Å². The van der Waals surface area contributed by atoms with Gasteiger partial charge in [0.2, 0.25) is 0 Å². The maximum atomic E-state index is 4.71. The lowest BCUT2D eigenvalue weighted by Crippen LogP contribution is -3.14. The highest BCUT2D eigenvalue weighted by Gasteiger charge is 2.37. The molecule has 5 rings (SSSR count). The van der Waals surface area contributed by atoms with Crippen LogP contribution in [0.1, 0.15) is 22.7 Å². The normalized spacial score (nSPS) is 17.4. The van der Waals surface area contributed by atoms with Crippen LogP contribution < -0.4 is 4.90 Å². The monoisotopic (exact) mass is 458 g/mol. The molecule has 1 N–H and O–H groups in total. The molecule has 1 aliphatic carbocycles. The lowest BCUT2D eigenvalue weighted by molar-refractivity contribution is -0.929. The molecule has 0 bridgehead atoms. The number of nitrogens with zero attached hydrogens (tertiary/aromatic N) is 2. The van der Waals surface area contributed by atoms with E-state index in [1.807, 2.05) is 24.4 Å². The van der Waals surface area contributed by atoms with E-state index in [0.717, 1.165) is 30.7 Å². The minimum Gasteiger partial charge on any atom is -0.322 e. The number of piperazine rings is 1. The number of hydrazone groups is 1. The Labute approximate surface area is 186 Å². The molecule has 0 radical (unpaired) electrons. The van der Waals surface area contributed by atoms with Crippen molar-refractivity contribution in [2.45, 2.75) is 6.04 Å². The first-order valence-corrected chi connectivity index (χ1v) is 11.3. The highest BCUT2D eigenvalue weighted by molar-refractivity contribution is 9.12. The summed E-state index contributed by atoms with van der Waals surface area (Å²) in [7, 11) is 0. The average molecular weight is 459 g/mol. The highest BCUT2D eigenvalue weighted by Crippen LogP contribution is 2.41. The number of quaternary nitrogens is 1. The van der Waals surface area contributed by atoms with Gasteiger partial charge in [-0.25, -0.2) is 0 Å². The zero-order valence-electron chi connectivity index (χ0n) is 16.8. The van der Waals surface area contributed by atoms with E-state index < -0.39 is 0 Å². The third-order valence-corrected chi connectivity index (χ3v) is 6.51. The number of fused-ring (bicyclic) bond motifs is 3. The lowest BCUT2D eigenvalue weighted by Gasteiger charge is -2.34. The second-order valence-electron chi connectivity index (χ2n) is 7.90. The van der Waals surface area contributed by atoms with E-state index in [4.69, 9.17) is 5.10 Å². The van der Waals surface area contributed by atoms with Crippen molar-refractivity contribution in [2.75, 3.05) is 26.2 Å². The summed E-state index contributed by atoms with van der Waals surface area (Å²) >= 11 is 3.62. The van der Waals surface area contributed by atoms with Crippen molar-refractivity contribution in [2.24, 2.45) is 5.10 Å². The predicted molar refractivity (Wildman–Crippen MR) is 128 cm³/mol. The maximum Gasteiger partial charge on any atom is 0.140 e. The molecule has 0 aromatic heterocycles. The van der Waals surface area contributed by atoms with Crippen LogP contribution in [0.5, 0.6) is 0 Å². The molecule has 4 heteroatoms. The fraction of sp³-hybridized carbons (Fsp3) is 0.192. The van der Waals surface area contributed by atoms with Crippen LogP contribution >= 0.6 is 15.9 Å². The number of allylic oxidation sites excluding steroid dienone is 1. The van der Waals surface area contributed by atoms with Gasteiger partial charge in [-0.2, -0.15) is 5.10 Å². The van der Waals surface area contributed by atoms with Crippen molar-refractivity contribution in [3.8, 4) is 11.1 Å². The van der Waals surface area contributed by atoms with Crippen molar-refractivity contribution in [1.82, 2.24) is 5.01 Å². The summed E-state index contributed by atoms with van der Waals surface area (Å²) in [5.41, 5.74) is 6.92. The Kier molecular flexibility index (Phi) is 5.52. The number of benzene rings is 3. The lowest BCUT2D eigenvalue weighted by atomic mass is 10.0. The molecule has 0 spiro atoms. The smallest absolute Gasteiger partial charge is 0.140 e. The fourth-order valence-electron chi connectivity index (χ4n) is 4.66. The Balaban J connectivity index is 1.27. The first-order valence-electron chi connectivity index (χ1n) is 10.5. The minimum atomic E-state index is 0.438. The van der Waals surface area contributed by atoms with Gasteiger partial charge in [0, 0.05) is 15.6 Å². The summed E-state index contributed by atoms with van der Waals surface area (Å²) in [6.07, 6.45) is 4.01. The number of hydrogen-bond donors (Lipinski definition) is 1. The van der Waals surface area contributed by atoms with Crippen molar-refractivity contribution < 1.29 is 4.90 Å². The quantitative estimate of drug-likeness (QED) is 0.575. The van der Waals surface area contributed by atoms with Gasteiger partial charge in [0.25, 0.3) is 0 Å². The molecule has 0 atom stereocenters. The van der Waals surface area contributed by atoms with Crippen LogP contribution in [-0.4, -0.2) is 37.4 Å². The van der Waals surface area contributed by atoms with E-state index in [2.05, 4.69) is 87.7 Å². The Morgan fingerprint density at radius 2 is 1.40 bits per heavy atom. The SMILES string of the molecule is BrC(=C\c1ccccc1)/C=N/N1CC[NH+](C2c3ccccc3-c3ccccc32)CC1. The maximum absolute atomic E-state index is 4.71. The second kappa shape index (κ2) is 8.58. The average Bonchev–Trinajstić information content (AvgIpc) is 3.13. The first kappa shape index (κ1) is 19.3. The molecule has 1 aliphatic heterocycles. The third kappa shape index (κ3) is 3.85. The van der Waals surface area contributed by atoms with E-state index in [1.54, 1.807) is 4.90 Å². The molecule has 150 valence electrons. The number of nitrogens with one attached hydrogen (secondary N) is 1. The van der Waals surface area contributed by atoms with Crippen molar-refractivity contribution in [3.05, 3.63) is 100 Å². The Morgan fingerprint density at radius 1 is 0.833 bits per heavy atom. The first-order chi connectivity index (χ1) is 14.8. The Bertz CT molecular complexity index is 1040. The van der Waals surface area contributed by atoms with Crippen molar-refractivity contribution in [1.29, 1.82) is 0 Å². The summed E-state index contributed by atoms with van der Waals surface area (Å²) in [5.74, 6) is 0. The summed E-state index contributed by atoms with van der Waals surface area (Å²) < 4.78 is 0.988. The fourth-order valence-corrected chi connectivity index (χ4v) is 5.02. The van der Waals surface area contributed by atoms with Gasteiger partial charge in [-0.1, -0.05) is 78.9 Å². The standard InChI is InChI=1S/C26H24BrN3/c27-21(18-20-8-2-1-3-9-20)19-28-30-16-14-29(15-17-30)26-24-12-6-4-10-22(24)23-11-5-7-13-25(23)26/h1-13,18-19,26H,14-17H2/p+1/b21-18-,28-19+. The summed E-state index contributed by atoms with van der Waals surface area (Å²) in [4.78, 5) is 1.64. The van der Waals surface area contributed by atoms with Crippen LogP contribution in [0.2, 0.25) is 0 Å². The van der Waals surface area contributed by atoms with Crippen LogP contribution in [0.4, 0.5) is 0 Å². The van der Waals surface area contributed by atoms with Crippen LogP contribution in [0.3, 0.4) is 0 Å². The zero-order valence-corrected chi connectivity index (χ0v) is 18.4. The van der Waals surface area contributed by atoms with Gasteiger partial charge in [0.1, 0.15) is 6.04 Å². The van der Waals surface area contributed by atoms with Gasteiger partial charge in [0.05, 0.1) is 32.4 Å². The zero-order chi connectivity index (χ0) is 20.3. The van der Waals surface area contributed by atoms with Gasteiger partial charge >= 0.3 is 0 Å². The van der Waals surface area contributed by atoms with E-state index in [9.17, 15) is 0 Å². The molecular weight excluding hydrogens is 434 g/mol. The van der Waals surface area contributed by atoms with E-state index in [1.165, 1.54) is 27.8 Å². The molecule has 3 aromatic carbocycles. The van der Waals surface area contributed by atoms with Gasteiger partial charge in [0.15, 0.2) is 0 Å². The van der Waals surface area contributed by atoms with Gasteiger partial charge < -0.3 is 4.90 Å². The number of hydrogen-bond acceptors (Lipinski definition) is 2. The molecule has 3 nitrogen and oxygen atoms in total. The van der Waals surface area contributed by atoms with Gasteiger partial charge in [-0.15, -0.1) is 0 Å². The predicted octanol–water partition coefficient (Wildman–Crippen LogP) is 4.38. The molecule has 30 heavy (non-hydrogen) atoms. The Hall–Kier alpha value is -2.69. The van der Waals surface area contributed by atoms with Crippen molar-refractivity contribution in [3.63, 3.8) is 0 Å². The van der Waals surface area contributed by atoms with Crippen LogP contribution in [0, 0.1) is 0 Å². The van der Waals surface area contributed by atoms with Crippen LogP contribution in [-0.2, 0) is 0 Å². The van der Waals surface area contributed by atoms with Gasteiger partial charge in [-0.3, -0.25) is 5.01 Å². The molecule has 0 amide bonds. The summed E-state index contributed by atoms with van der Waals surface area (Å²) in [6, 6.07) is 28.6. The third-order valence-electron chi connectivity index (χ3n) is 6.07. The van der Waals surface area contributed by atoms with E-state index >= 15 is 0 Å². The molecular formula is C26H25BrN3+. The molecule has 3 aromatic rings. The number of halogens is 1. The largest absolute Gasteiger partial charge is 0.322 e. The highest BCUT2D eigenvalue weighted by atomic mass is 79.9. The summed E-state index contributed by atoms with van der Waals surface area (Å²) in [6.45, 7) is 4.12. The molecule has 0 saturated carbocycles. The van der Waals surface area contributed by atoms with E-state index in [-0.39, 0.29) is 0 Å². The topological polar surface area (TPSA) is 20.0 Å². The number of rotatable bonds is 4. The molecule has 1 heterocycles. The molecule has 2 aliphatic rings. The van der Waals surface area contributed by atoms with E-state index in [0.29, 0.717) is 6.04 Å². The molecule has 1 saturated heterocycles.